The van der Waals surface area contributed by atoms with Gasteiger partial charge in [-0.15, -0.1) is 0 Å². The molecule has 0 fully saturated rings. The van der Waals surface area contributed by atoms with E-state index >= 15 is 0 Å². The van der Waals surface area contributed by atoms with Gasteiger partial charge < -0.3 is 15.7 Å². The topological polar surface area (TPSA) is 95.4 Å². The van der Waals surface area contributed by atoms with Gasteiger partial charge in [-0.25, -0.2) is 0 Å². The summed E-state index contributed by atoms with van der Waals surface area (Å²) in [5, 5.41) is 0. The first-order valence-electron chi connectivity index (χ1n) is 3.43. The summed E-state index contributed by atoms with van der Waals surface area (Å²) >= 11 is 0. The van der Waals surface area contributed by atoms with Crippen LogP contribution in [0.3, 0.4) is 0 Å². The summed E-state index contributed by atoms with van der Waals surface area (Å²) in [6.07, 6.45) is 0.940. The Morgan fingerprint density at radius 2 is 1.92 bits per heavy atom. The molecule has 6 heteroatoms. The van der Waals surface area contributed by atoms with E-state index in [2.05, 4.69) is 4.18 Å². The van der Waals surface area contributed by atoms with E-state index in [4.69, 9.17) is 11.5 Å². The fourth-order valence-electron chi connectivity index (χ4n) is 0.797. The fourth-order valence-corrected chi connectivity index (χ4v) is 1.27. The smallest absolute Gasteiger partial charge is 0.306 e. The Labute approximate surface area is 76.4 Å². The molecule has 1 aromatic carbocycles. The number of anilines is 2. The minimum atomic E-state index is -3.55. The molecular formula is C7H10N2O3S. The van der Waals surface area contributed by atoms with Crippen molar-refractivity contribution in [1.82, 2.24) is 0 Å². The molecule has 0 aliphatic carbocycles. The van der Waals surface area contributed by atoms with Crippen LogP contribution in [-0.2, 0) is 10.1 Å². The van der Waals surface area contributed by atoms with E-state index in [0.29, 0.717) is 5.69 Å². The van der Waals surface area contributed by atoms with E-state index in [9.17, 15) is 8.42 Å². The lowest BCUT2D eigenvalue weighted by Gasteiger charge is -2.07. The van der Waals surface area contributed by atoms with Gasteiger partial charge in [-0.1, -0.05) is 6.07 Å². The lowest BCUT2D eigenvalue weighted by atomic mass is 10.2. The molecule has 72 valence electrons. The van der Waals surface area contributed by atoms with Gasteiger partial charge in [0.25, 0.3) is 0 Å². The molecule has 0 radical (unpaired) electrons. The van der Waals surface area contributed by atoms with Crippen molar-refractivity contribution < 1.29 is 12.6 Å². The van der Waals surface area contributed by atoms with Crippen LogP contribution in [0, 0.1) is 0 Å². The van der Waals surface area contributed by atoms with Crippen molar-refractivity contribution >= 4 is 21.5 Å². The van der Waals surface area contributed by atoms with Gasteiger partial charge in [-0.05, 0) is 12.1 Å². The van der Waals surface area contributed by atoms with Gasteiger partial charge >= 0.3 is 10.1 Å². The monoisotopic (exact) mass is 202 g/mol. The largest absolute Gasteiger partial charge is 0.397 e. The molecule has 0 spiro atoms. The maximum atomic E-state index is 10.7. The first kappa shape index (κ1) is 9.66. The molecule has 0 heterocycles. The number of benzene rings is 1. The maximum absolute atomic E-state index is 10.7. The van der Waals surface area contributed by atoms with Crippen molar-refractivity contribution in [3.8, 4) is 5.75 Å². The Morgan fingerprint density at radius 3 is 2.46 bits per heavy atom. The molecule has 0 saturated heterocycles. The molecule has 0 aliphatic rings. The van der Waals surface area contributed by atoms with Crippen molar-refractivity contribution in [1.29, 1.82) is 0 Å². The van der Waals surface area contributed by atoms with E-state index in [1.54, 1.807) is 12.1 Å². The van der Waals surface area contributed by atoms with Crippen molar-refractivity contribution in [2.75, 3.05) is 17.7 Å². The lowest BCUT2D eigenvalue weighted by molar-refractivity contribution is 0.494. The molecule has 0 unspecified atom stereocenters. The van der Waals surface area contributed by atoms with Crippen LogP contribution < -0.4 is 15.7 Å². The highest BCUT2D eigenvalue weighted by atomic mass is 32.2. The van der Waals surface area contributed by atoms with Crippen LogP contribution in [0.15, 0.2) is 18.2 Å². The predicted molar refractivity (Wildman–Crippen MR) is 50.7 cm³/mol. The van der Waals surface area contributed by atoms with E-state index in [0.717, 1.165) is 6.26 Å². The molecule has 1 aromatic rings. The predicted octanol–water partition coefficient (Wildman–Crippen LogP) is 0.189. The summed E-state index contributed by atoms with van der Waals surface area (Å²) in [5.74, 6) is 0.0579. The third-order valence-corrected chi connectivity index (χ3v) is 1.82. The maximum Gasteiger partial charge on any atom is 0.306 e. The third-order valence-electron chi connectivity index (χ3n) is 1.34. The zero-order valence-corrected chi connectivity index (χ0v) is 7.84. The molecule has 0 aliphatic heterocycles. The van der Waals surface area contributed by atoms with Crippen molar-refractivity contribution in [2.45, 2.75) is 0 Å². The highest BCUT2D eigenvalue weighted by molar-refractivity contribution is 7.86. The van der Waals surface area contributed by atoms with Crippen LogP contribution in [0.25, 0.3) is 0 Å². The second-order valence-corrected chi connectivity index (χ2v) is 4.12. The Morgan fingerprint density at radius 1 is 1.31 bits per heavy atom. The van der Waals surface area contributed by atoms with Crippen LogP contribution >= 0.6 is 0 Å². The lowest BCUT2D eigenvalue weighted by Crippen LogP contribution is -2.08. The first-order valence-corrected chi connectivity index (χ1v) is 5.25. The van der Waals surface area contributed by atoms with Gasteiger partial charge in [0.1, 0.15) is 0 Å². The number of hydrogen-bond acceptors (Lipinski definition) is 5. The summed E-state index contributed by atoms with van der Waals surface area (Å²) in [4.78, 5) is 0. The summed E-state index contributed by atoms with van der Waals surface area (Å²) in [6.45, 7) is 0. The van der Waals surface area contributed by atoms with Gasteiger partial charge in [-0.2, -0.15) is 8.42 Å². The zero-order valence-electron chi connectivity index (χ0n) is 7.02. The molecule has 4 N–H and O–H groups in total. The minimum absolute atomic E-state index is 0.0579. The molecule has 13 heavy (non-hydrogen) atoms. The number of nitrogens with two attached hydrogens (primary N) is 2. The third kappa shape index (κ3) is 2.51. The molecule has 0 aromatic heterocycles. The standard InChI is InChI=1S/C7H10N2O3S/c1-13(10,11)12-6-4-2-3-5(8)7(6)9/h2-4H,8-9H2,1H3. The fraction of sp³-hybridized carbons (Fsp3) is 0.143. The Kier molecular flexibility index (Phi) is 2.33. The quantitative estimate of drug-likeness (QED) is 0.527. The van der Waals surface area contributed by atoms with Gasteiger partial charge in [0.2, 0.25) is 0 Å². The zero-order chi connectivity index (χ0) is 10.1. The Bertz CT molecular complexity index is 414. The number of rotatable bonds is 2. The SMILES string of the molecule is CS(=O)(=O)Oc1cccc(N)c1N. The minimum Gasteiger partial charge on any atom is -0.397 e. The van der Waals surface area contributed by atoms with Gasteiger partial charge in [0.15, 0.2) is 5.75 Å². The van der Waals surface area contributed by atoms with Crippen LogP contribution in [0.5, 0.6) is 5.75 Å². The van der Waals surface area contributed by atoms with E-state index in [1.807, 2.05) is 0 Å². The van der Waals surface area contributed by atoms with Gasteiger partial charge in [-0.3, -0.25) is 0 Å². The average Bonchev–Trinajstić information content (AvgIpc) is 1.96. The molecule has 0 bridgehead atoms. The second-order valence-electron chi connectivity index (χ2n) is 2.55. The summed E-state index contributed by atoms with van der Waals surface area (Å²) < 4.78 is 26.1. The van der Waals surface area contributed by atoms with E-state index in [-0.39, 0.29) is 11.4 Å². The van der Waals surface area contributed by atoms with Crippen molar-refractivity contribution in [2.24, 2.45) is 0 Å². The van der Waals surface area contributed by atoms with E-state index in [1.165, 1.54) is 6.07 Å². The molecule has 1 rings (SSSR count). The second kappa shape index (κ2) is 3.14. The summed E-state index contributed by atoms with van der Waals surface area (Å²) in [6, 6.07) is 4.56. The first-order chi connectivity index (χ1) is 5.90. The van der Waals surface area contributed by atoms with E-state index < -0.39 is 10.1 Å². The van der Waals surface area contributed by atoms with Crippen LogP contribution in [0.4, 0.5) is 11.4 Å². The molecular weight excluding hydrogens is 192 g/mol. The highest BCUT2D eigenvalue weighted by Gasteiger charge is 2.08. The van der Waals surface area contributed by atoms with Crippen LogP contribution in [-0.4, -0.2) is 14.7 Å². The average molecular weight is 202 g/mol. The Balaban J connectivity index is 3.10. The highest BCUT2D eigenvalue weighted by Crippen LogP contribution is 2.27. The van der Waals surface area contributed by atoms with Crippen molar-refractivity contribution in [3.05, 3.63) is 18.2 Å². The number of hydrogen-bond donors (Lipinski definition) is 2. The molecule has 0 atom stereocenters. The molecule has 0 amide bonds. The summed E-state index contributed by atoms with van der Waals surface area (Å²) in [7, 11) is -3.55. The molecule has 0 saturated carbocycles. The normalized spacial score (nSPS) is 11.2. The van der Waals surface area contributed by atoms with Crippen LogP contribution in [0.2, 0.25) is 0 Å². The van der Waals surface area contributed by atoms with Crippen LogP contribution in [0.1, 0.15) is 0 Å². The molecule has 5 nitrogen and oxygen atoms in total. The number of para-hydroxylation sites is 1. The number of nitrogen functional groups attached to an aromatic ring is 2. The van der Waals surface area contributed by atoms with Gasteiger partial charge in [0.05, 0.1) is 17.6 Å². The van der Waals surface area contributed by atoms with Crippen molar-refractivity contribution in [3.63, 3.8) is 0 Å². The van der Waals surface area contributed by atoms with Gasteiger partial charge in [0, 0.05) is 0 Å². The Hall–Kier alpha value is -1.43. The summed E-state index contributed by atoms with van der Waals surface area (Å²) in [5.41, 5.74) is 11.3.